The van der Waals surface area contributed by atoms with Crippen LogP contribution in [0.5, 0.6) is 0 Å². The van der Waals surface area contributed by atoms with Gasteiger partial charge in [-0.2, -0.15) is 0 Å². The molecule has 0 atom stereocenters. The Morgan fingerprint density at radius 2 is 2.20 bits per heavy atom. The largest absolute Gasteiger partial charge is 0.465 e. The minimum Gasteiger partial charge on any atom is -0.465 e. The van der Waals surface area contributed by atoms with Crippen molar-refractivity contribution in [3.63, 3.8) is 0 Å². The Hall–Kier alpha value is -2.38. The van der Waals surface area contributed by atoms with Crippen molar-refractivity contribution in [2.45, 2.75) is 20.0 Å². The van der Waals surface area contributed by atoms with E-state index in [0.717, 1.165) is 17.9 Å². The molecule has 6 nitrogen and oxygen atoms in total. The third-order valence-corrected chi connectivity index (χ3v) is 5.05. The Labute approximate surface area is 154 Å². The average Bonchev–Trinajstić information content (AvgIpc) is 3.18. The van der Waals surface area contributed by atoms with Crippen LogP contribution in [0.4, 0.5) is 5.13 Å². The second kappa shape index (κ2) is 7.67. The number of halogens is 1. The summed E-state index contributed by atoms with van der Waals surface area (Å²) in [6.45, 7) is 3.34. The van der Waals surface area contributed by atoms with Crippen LogP contribution < -0.4 is 5.32 Å². The number of aromatic nitrogens is 3. The van der Waals surface area contributed by atoms with Crippen molar-refractivity contribution >= 4 is 34.0 Å². The van der Waals surface area contributed by atoms with E-state index in [4.69, 9.17) is 11.6 Å². The molecule has 2 heterocycles. The summed E-state index contributed by atoms with van der Waals surface area (Å²) >= 11 is 7.15. The molecule has 0 aliphatic rings. The molecule has 3 rings (SSSR count). The second-order valence-corrected chi connectivity index (χ2v) is 6.76. The van der Waals surface area contributed by atoms with Crippen LogP contribution in [0, 0.1) is 6.92 Å². The first-order valence-electron chi connectivity index (χ1n) is 7.61. The lowest BCUT2D eigenvalue weighted by atomic mass is 10.1. The Bertz CT molecular complexity index is 890. The number of benzene rings is 1. The van der Waals surface area contributed by atoms with Crippen LogP contribution >= 0.6 is 22.9 Å². The van der Waals surface area contributed by atoms with E-state index < -0.39 is 5.97 Å². The van der Waals surface area contributed by atoms with Gasteiger partial charge in [0.1, 0.15) is 5.82 Å². The number of thiazole rings is 1. The molecule has 0 unspecified atom stereocenters. The molecular formula is C17H17ClN4O2S. The molecule has 8 heteroatoms. The van der Waals surface area contributed by atoms with Crippen LogP contribution in [0.2, 0.25) is 5.15 Å². The molecule has 1 aromatic carbocycles. The lowest BCUT2D eigenvalue weighted by Crippen LogP contribution is -2.03. The Kier molecular flexibility index (Phi) is 5.35. The fourth-order valence-corrected chi connectivity index (χ4v) is 3.48. The summed E-state index contributed by atoms with van der Waals surface area (Å²) in [4.78, 5) is 20.3. The van der Waals surface area contributed by atoms with Gasteiger partial charge in [-0.3, -0.25) is 0 Å². The van der Waals surface area contributed by atoms with Gasteiger partial charge < -0.3 is 14.6 Å². The van der Waals surface area contributed by atoms with Crippen molar-refractivity contribution in [3.05, 3.63) is 63.6 Å². The van der Waals surface area contributed by atoms with Gasteiger partial charge in [0.05, 0.1) is 7.11 Å². The quantitative estimate of drug-likeness (QED) is 0.663. The number of carbonyl (C=O) groups is 1. The van der Waals surface area contributed by atoms with Crippen LogP contribution in [0.25, 0.3) is 0 Å². The van der Waals surface area contributed by atoms with E-state index in [-0.39, 0.29) is 5.15 Å². The van der Waals surface area contributed by atoms with Gasteiger partial charge in [-0.15, -0.1) is 0 Å². The lowest BCUT2D eigenvalue weighted by molar-refractivity contribution is 0.0606. The molecule has 25 heavy (non-hydrogen) atoms. The first-order chi connectivity index (χ1) is 12.1. The van der Waals surface area contributed by atoms with E-state index in [1.54, 1.807) is 6.20 Å². The zero-order valence-electron chi connectivity index (χ0n) is 13.8. The van der Waals surface area contributed by atoms with Crippen molar-refractivity contribution in [1.29, 1.82) is 0 Å². The predicted molar refractivity (Wildman–Crippen MR) is 98.3 cm³/mol. The number of nitrogens with one attached hydrogen (secondary N) is 1. The van der Waals surface area contributed by atoms with E-state index in [9.17, 15) is 4.79 Å². The summed E-state index contributed by atoms with van der Waals surface area (Å²) in [7, 11) is 1.32. The number of nitrogens with zero attached hydrogens (tertiary/aromatic N) is 3. The highest BCUT2D eigenvalue weighted by atomic mass is 35.5. The number of imidazole rings is 1. The molecule has 0 bridgehead atoms. The molecule has 1 N–H and O–H groups in total. The number of hydrogen-bond donors (Lipinski definition) is 1. The highest BCUT2D eigenvalue weighted by molar-refractivity contribution is 7.18. The summed E-state index contributed by atoms with van der Waals surface area (Å²) < 4.78 is 6.77. The SMILES string of the molecule is COC(=O)c1sc(NCc2cccc(Cn3ccnc3C)c2)nc1Cl. The van der Waals surface area contributed by atoms with E-state index in [1.165, 1.54) is 24.0 Å². The third-order valence-electron chi connectivity index (χ3n) is 3.67. The van der Waals surface area contributed by atoms with Gasteiger partial charge in [-0.05, 0) is 18.1 Å². The minimum absolute atomic E-state index is 0.156. The van der Waals surface area contributed by atoms with Crippen molar-refractivity contribution in [2.24, 2.45) is 0 Å². The molecule has 3 aromatic rings. The van der Waals surface area contributed by atoms with Crippen molar-refractivity contribution in [2.75, 3.05) is 12.4 Å². The van der Waals surface area contributed by atoms with Crippen molar-refractivity contribution in [3.8, 4) is 0 Å². The van der Waals surface area contributed by atoms with Gasteiger partial charge in [-0.25, -0.2) is 14.8 Å². The number of esters is 1. The maximum atomic E-state index is 11.6. The summed E-state index contributed by atoms with van der Waals surface area (Å²) in [6, 6.07) is 8.27. The number of rotatable bonds is 6. The molecule has 0 radical (unpaired) electrons. The lowest BCUT2D eigenvalue weighted by Gasteiger charge is -2.08. The van der Waals surface area contributed by atoms with Crippen molar-refractivity contribution < 1.29 is 9.53 Å². The Morgan fingerprint density at radius 1 is 1.40 bits per heavy atom. The maximum Gasteiger partial charge on any atom is 0.351 e. The zero-order chi connectivity index (χ0) is 17.8. The van der Waals surface area contributed by atoms with E-state index >= 15 is 0 Å². The molecule has 0 amide bonds. The number of hydrogen-bond acceptors (Lipinski definition) is 6. The van der Waals surface area contributed by atoms with Gasteiger partial charge in [-0.1, -0.05) is 47.2 Å². The molecule has 0 aliphatic carbocycles. The maximum absolute atomic E-state index is 11.6. The average molecular weight is 377 g/mol. The highest BCUT2D eigenvalue weighted by Crippen LogP contribution is 2.27. The first kappa shape index (κ1) is 17.4. The molecule has 130 valence electrons. The molecule has 0 saturated heterocycles. The molecule has 0 spiro atoms. The number of aryl methyl sites for hydroxylation is 1. The van der Waals surface area contributed by atoms with Crippen LogP contribution in [-0.4, -0.2) is 27.6 Å². The minimum atomic E-state index is -0.478. The van der Waals surface area contributed by atoms with Crippen LogP contribution in [-0.2, 0) is 17.8 Å². The smallest absolute Gasteiger partial charge is 0.351 e. The third kappa shape index (κ3) is 4.18. The molecule has 0 saturated carbocycles. The van der Waals surface area contributed by atoms with E-state index in [0.29, 0.717) is 16.6 Å². The van der Waals surface area contributed by atoms with Gasteiger partial charge in [0.15, 0.2) is 15.2 Å². The van der Waals surface area contributed by atoms with Gasteiger partial charge >= 0.3 is 5.97 Å². The van der Waals surface area contributed by atoms with Crippen LogP contribution in [0.1, 0.15) is 26.6 Å². The van der Waals surface area contributed by atoms with Gasteiger partial charge in [0, 0.05) is 25.5 Å². The van der Waals surface area contributed by atoms with Gasteiger partial charge in [0.2, 0.25) is 0 Å². The van der Waals surface area contributed by atoms with Crippen molar-refractivity contribution in [1.82, 2.24) is 14.5 Å². The normalized spacial score (nSPS) is 10.7. The topological polar surface area (TPSA) is 69.0 Å². The molecule has 2 aromatic heterocycles. The Balaban J connectivity index is 1.67. The summed E-state index contributed by atoms with van der Waals surface area (Å²) in [5.74, 6) is 0.504. The van der Waals surface area contributed by atoms with Gasteiger partial charge in [0.25, 0.3) is 0 Å². The highest BCUT2D eigenvalue weighted by Gasteiger charge is 2.17. The Morgan fingerprint density at radius 3 is 2.92 bits per heavy atom. The zero-order valence-corrected chi connectivity index (χ0v) is 15.4. The second-order valence-electron chi connectivity index (χ2n) is 5.41. The van der Waals surface area contributed by atoms with Crippen LogP contribution in [0.3, 0.4) is 0 Å². The molecule has 0 fully saturated rings. The van der Waals surface area contributed by atoms with E-state index in [2.05, 4.69) is 36.7 Å². The standard InChI is InChI=1S/C17H17ClN4O2S/c1-11-19-6-7-22(11)10-13-5-3-4-12(8-13)9-20-17-21-15(18)14(25-17)16(23)24-2/h3-8H,9-10H2,1-2H3,(H,20,21). The molecular weight excluding hydrogens is 360 g/mol. The van der Waals surface area contributed by atoms with E-state index in [1.807, 2.05) is 25.3 Å². The monoisotopic (exact) mass is 376 g/mol. The fraction of sp³-hybridized carbons (Fsp3) is 0.235. The predicted octanol–water partition coefficient (Wildman–Crippen LogP) is 3.75. The first-order valence-corrected chi connectivity index (χ1v) is 8.80. The number of methoxy groups -OCH3 is 1. The fourth-order valence-electron chi connectivity index (χ4n) is 2.38. The molecule has 0 aliphatic heterocycles. The number of ether oxygens (including phenoxy) is 1. The number of carbonyl (C=O) groups excluding carboxylic acids is 1. The summed E-state index contributed by atoms with van der Waals surface area (Å²) in [6.07, 6.45) is 3.76. The summed E-state index contributed by atoms with van der Waals surface area (Å²) in [5.41, 5.74) is 2.30. The summed E-state index contributed by atoms with van der Waals surface area (Å²) in [5, 5.41) is 3.94. The van der Waals surface area contributed by atoms with Crippen LogP contribution in [0.15, 0.2) is 36.7 Å². The number of anilines is 1.